The van der Waals surface area contributed by atoms with Crippen LogP contribution in [0.25, 0.3) is 11.1 Å². The molecule has 0 amide bonds. The molecule has 1 N–H and O–H groups in total. The van der Waals surface area contributed by atoms with E-state index in [4.69, 9.17) is 14.2 Å². The summed E-state index contributed by atoms with van der Waals surface area (Å²) in [6, 6.07) is 14.0. The molecule has 0 unspecified atom stereocenters. The molecular weight excluding hydrogens is 266 g/mol. The van der Waals surface area contributed by atoms with E-state index in [1.165, 1.54) is 0 Å². The summed E-state index contributed by atoms with van der Waals surface area (Å²) < 4.78 is 16.7. The molecule has 0 atom stereocenters. The zero-order valence-electron chi connectivity index (χ0n) is 12.1. The van der Waals surface area contributed by atoms with Gasteiger partial charge >= 0.3 is 0 Å². The lowest BCUT2D eigenvalue weighted by molar-refractivity contribution is 0.174. The predicted molar refractivity (Wildman–Crippen MR) is 82.0 cm³/mol. The number of rotatable bonds is 6. The lowest BCUT2D eigenvalue weighted by Crippen LogP contribution is -2.11. The van der Waals surface area contributed by atoms with Gasteiger partial charge in [0.1, 0.15) is 5.75 Å². The van der Waals surface area contributed by atoms with Gasteiger partial charge in [-0.25, -0.2) is 0 Å². The van der Waals surface area contributed by atoms with Gasteiger partial charge in [0, 0.05) is 5.56 Å². The minimum Gasteiger partial charge on any atom is -0.493 e. The van der Waals surface area contributed by atoms with Gasteiger partial charge in [0.15, 0.2) is 11.5 Å². The highest BCUT2D eigenvalue weighted by atomic mass is 16.7. The largest absolute Gasteiger partial charge is 0.493 e. The maximum absolute atomic E-state index is 5.90. The molecule has 4 nitrogen and oxygen atoms in total. The summed E-state index contributed by atoms with van der Waals surface area (Å²) in [4.78, 5) is 0. The highest BCUT2D eigenvalue weighted by Gasteiger charge is 2.15. The molecule has 0 aromatic heterocycles. The average Bonchev–Trinajstić information content (AvgIpc) is 2.99. The number of nitrogens with one attached hydrogen (secondary N) is 1. The lowest BCUT2D eigenvalue weighted by atomic mass is 10.0. The molecule has 0 saturated carbocycles. The van der Waals surface area contributed by atoms with Crippen LogP contribution in [0.3, 0.4) is 0 Å². The van der Waals surface area contributed by atoms with E-state index in [0.29, 0.717) is 13.4 Å². The van der Waals surface area contributed by atoms with Gasteiger partial charge in [-0.2, -0.15) is 0 Å². The summed E-state index contributed by atoms with van der Waals surface area (Å²) in [7, 11) is 1.95. The van der Waals surface area contributed by atoms with Crippen molar-refractivity contribution in [3.05, 3.63) is 42.5 Å². The average molecular weight is 285 g/mol. The number of benzene rings is 2. The Bertz CT molecular complexity index is 613. The fourth-order valence-corrected chi connectivity index (χ4v) is 2.33. The molecular formula is C17H19NO3. The molecule has 2 aromatic rings. The monoisotopic (exact) mass is 285 g/mol. The Labute approximate surface area is 124 Å². The normalized spacial score (nSPS) is 12.4. The Morgan fingerprint density at radius 2 is 1.95 bits per heavy atom. The van der Waals surface area contributed by atoms with E-state index in [2.05, 4.69) is 11.4 Å². The second-order valence-electron chi connectivity index (χ2n) is 4.87. The van der Waals surface area contributed by atoms with Crippen LogP contribution in [-0.4, -0.2) is 27.0 Å². The Kier molecular flexibility index (Phi) is 4.26. The topological polar surface area (TPSA) is 39.7 Å². The third kappa shape index (κ3) is 3.11. The van der Waals surface area contributed by atoms with E-state index >= 15 is 0 Å². The van der Waals surface area contributed by atoms with Crippen molar-refractivity contribution in [2.75, 3.05) is 27.0 Å². The zero-order chi connectivity index (χ0) is 14.5. The standard InChI is InChI=1S/C17H19NO3/c1-18-9-4-10-19-15-6-3-2-5-14(15)13-7-8-16-17(11-13)21-12-20-16/h2-3,5-8,11,18H,4,9-10,12H2,1H3. The molecule has 0 aliphatic carbocycles. The lowest BCUT2D eigenvalue weighted by Gasteiger charge is -2.12. The number of para-hydroxylation sites is 1. The molecule has 2 aromatic carbocycles. The minimum atomic E-state index is 0.293. The Morgan fingerprint density at radius 3 is 2.86 bits per heavy atom. The van der Waals surface area contributed by atoms with Crippen molar-refractivity contribution in [1.29, 1.82) is 0 Å². The molecule has 110 valence electrons. The van der Waals surface area contributed by atoms with E-state index in [1.807, 2.05) is 43.4 Å². The summed E-state index contributed by atoms with van der Waals surface area (Å²) in [6.45, 7) is 1.94. The fraction of sp³-hybridized carbons (Fsp3) is 0.294. The third-order valence-corrected chi connectivity index (χ3v) is 3.40. The van der Waals surface area contributed by atoms with Crippen molar-refractivity contribution in [1.82, 2.24) is 5.32 Å². The first-order chi connectivity index (χ1) is 10.4. The Morgan fingerprint density at radius 1 is 1.10 bits per heavy atom. The van der Waals surface area contributed by atoms with E-state index in [9.17, 15) is 0 Å². The zero-order valence-corrected chi connectivity index (χ0v) is 12.1. The van der Waals surface area contributed by atoms with Crippen LogP contribution in [0.1, 0.15) is 6.42 Å². The van der Waals surface area contributed by atoms with Crippen LogP contribution in [0.5, 0.6) is 17.2 Å². The van der Waals surface area contributed by atoms with Crippen LogP contribution in [0.2, 0.25) is 0 Å². The first kappa shape index (κ1) is 13.8. The molecule has 0 saturated heterocycles. The smallest absolute Gasteiger partial charge is 0.231 e. The third-order valence-electron chi connectivity index (χ3n) is 3.40. The molecule has 0 bridgehead atoms. The number of hydrogen-bond donors (Lipinski definition) is 1. The second-order valence-corrected chi connectivity index (χ2v) is 4.87. The summed E-state index contributed by atoms with van der Waals surface area (Å²) >= 11 is 0. The summed E-state index contributed by atoms with van der Waals surface area (Å²) in [5.41, 5.74) is 2.14. The quantitative estimate of drug-likeness (QED) is 0.828. The predicted octanol–water partition coefficient (Wildman–Crippen LogP) is 3.07. The van der Waals surface area contributed by atoms with Gasteiger partial charge in [0.05, 0.1) is 6.61 Å². The molecule has 0 radical (unpaired) electrons. The molecule has 0 spiro atoms. The Hall–Kier alpha value is -2.20. The highest BCUT2D eigenvalue weighted by molar-refractivity contribution is 5.73. The number of fused-ring (bicyclic) bond motifs is 1. The molecule has 1 heterocycles. The van der Waals surface area contributed by atoms with Crippen molar-refractivity contribution in [2.45, 2.75) is 6.42 Å². The first-order valence-electron chi connectivity index (χ1n) is 7.15. The van der Waals surface area contributed by atoms with E-state index in [1.54, 1.807) is 0 Å². The fourth-order valence-electron chi connectivity index (χ4n) is 2.33. The van der Waals surface area contributed by atoms with E-state index in [-0.39, 0.29) is 0 Å². The van der Waals surface area contributed by atoms with Crippen LogP contribution in [-0.2, 0) is 0 Å². The number of ether oxygens (including phenoxy) is 3. The van der Waals surface area contributed by atoms with Crippen LogP contribution < -0.4 is 19.5 Å². The van der Waals surface area contributed by atoms with Gasteiger partial charge in [0.25, 0.3) is 0 Å². The molecule has 4 heteroatoms. The molecule has 3 rings (SSSR count). The summed E-state index contributed by atoms with van der Waals surface area (Å²) in [5, 5.41) is 3.12. The minimum absolute atomic E-state index is 0.293. The van der Waals surface area contributed by atoms with Gasteiger partial charge in [-0.3, -0.25) is 0 Å². The molecule has 21 heavy (non-hydrogen) atoms. The van der Waals surface area contributed by atoms with Crippen molar-refractivity contribution in [3.63, 3.8) is 0 Å². The van der Waals surface area contributed by atoms with Crippen LogP contribution in [0.15, 0.2) is 42.5 Å². The van der Waals surface area contributed by atoms with Crippen LogP contribution >= 0.6 is 0 Å². The molecule has 1 aliphatic heterocycles. The van der Waals surface area contributed by atoms with Crippen molar-refractivity contribution in [3.8, 4) is 28.4 Å². The first-order valence-corrected chi connectivity index (χ1v) is 7.15. The maximum atomic E-state index is 5.90. The van der Waals surface area contributed by atoms with Gasteiger partial charge in [-0.05, 0) is 43.8 Å². The van der Waals surface area contributed by atoms with Gasteiger partial charge in [-0.1, -0.05) is 24.3 Å². The van der Waals surface area contributed by atoms with Crippen molar-refractivity contribution in [2.24, 2.45) is 0 Å². The van der Waals surface area contributed by atoms with E-state index < -0.39 is 0 Å². The van der Waals surface area contributed by atoms with Gasteiger partial charge in [-0.15, -0.1) is 0 Å². The summed E-state index contributed by atoms with van der Waals surface area (Å²) in [5.74, 6) is 2.48. The SMILES string of the molecule is CNCCCOc1ccccc1-c1ccc2c(c1)OCO2. The Balaban J connectivity index is 1.81. The van der Waals surface area contributed by atoms with Gasteiger partial charge in [0.2, 0.25) is 6.79 Å². The van der Waals surface area contributed by atoms with Crippen LogP contribution in [0.4, 0.5) is 0 Å². The summed E-state index contributed by atoms with van der Waals surface area (Å²) in [6.07, 6.45) is 0.978. The van der Waals surface area contributed by atoms with Crippen molar-refractivity contribution >= 4 is 0 Å². The molecule has 0 fully saturated rings. The second kappa shape index (κ2) is 6.50. The number of hydrogen-bond acceptors (Lipinski definition) is 4. The van der Waals surface area contributed by atoms with E-state index in [0.717, 1.165) is 41.3 Å². The van der Waals surface area contributed by atoms with Crippen LogP contribution in [0, 0.1) is 0 Å². The van der Waals surface area contributed by atoms with Crippen molar-refractivity contribution < 1.29 is 14.2 Å². The van der Waals surface area contributed by atoms with Gasteiger partial charge < -0.3 is 19.5 Å². The molecule has 1 aliphatic rings. The highest BCUT2D eigenvalue weighted by Crippen LogP contribution is 2.38. The maximum Gasteiger partial charge on any atom is 0.231 e.